The summed E-state index contributed by atoms with van der Waals surface area (Å²) in [4.78, 5) is 13.7. The summed E-state index contributed by atoms with van der Waals surface area (Å²) in [6.07, 6.45) is 0. The van der Waals surface area contributed by atoms with Crippen molar-refractivity contribution in [3.05, 3.63) is 0 Å². The molecule has 1 amide bonds. The second-order valence-corrected chi connectivity index (χ2v) is 7.14. The molecule has 82 valence electrons. The first kappa shape index (κ1) is 12.2. The molecule has 4 heteroatoms. The molecule has 0 aromatic heterocycles. The fourth-order valence-corrected chi connectivity index (χ4v) is 2.40. The Morgan fingerprint density at radius 2 is 2.14 bits per heavy atom. The minimum atomic E-state index is -0.131. The van der Waals surface area contributed by atoms with E-state index in [-0.39, 0.29) is 22.1 Å². The SMILES string of the molecule is CC(C)C1COCC(=O)N1C(C)(C)I. The van der Waals surface area contributed by atoms with Gasteiger partial charge in [-0.3, -0.25) is 4.79 Å². The number of hydrogen-bond acceptors (Lipinski definition) is 2. The molecule has 0 spiro atoms. The van der Waals surface area contributed by atoms with E-state index in [1.807, 2.05) is 4.90 Å². The van der Waals surface area contributed by atoms with Crippen LogP contribution in [-0.2, 0) is 9.53 Å². The maximum absolute atomic E-state index is 11.8. The Kier molecular flexibility index (Phi) is 3.80. The standard InChI is InChI=1S/C10H18INO2/c1-7(2)8-5-14-6-9(13)12(8)10(3,4)11/h7-8H,5-6H2,1-4H3. The molecule has 0 N–H and O–H groups in total. The monoisotopic (exact) mass is 311 g/mol. The molecular formula is C10H18INO2. The van der Waals surface area contributed by atoms with Crippen LogP contribution >= 0.6 is 22.6 Å². The minimum Gasteiger partial charge on any atom is -0.369 e. The molecule has 0 aromatic carbocycles. The Hall–Kier alpha value is 0.160. The zero-order valence-electron chi connectivity index (χ0n) is 9.21. The number of amides is 1. The maximum atomic E-state index is 11.8. The van der Waals surface area contributed by atoms with E-state index in [1.165, 1.54) is 0 Å². The van der Waals surface area contributed by atoms with Crippen LogP contribution in [0.1, 0.15) is 27.7 Å². The van der Waals surface area contributed by atoms with E-state index in [9.17, 15) is 4.79 Å². The van der Waals surface area contributed by atoms with E-state index in [0.29, 0.717) is 12.5 Å². The minimum absolute atomic E-state index is 0.106. The summed E-state index contributed by atoms with van der Waals surface area (Å²) in [6, 6.07) is 0.211. The van der Waals surface area contributed by atoms with Gasteiger partial charge in [-0.1, -0.05) is 36.4 Å². The van der Waals surface area contributed by atoms with Gasteiger partial charge in [0, 0.05) is 0 Å². The second-order valence-electron chi connectivity index (χ2n) is 4.50. The molecule has 0 aromatic rings. The van der Waals surface area contributed by atoms with Gasteiger partial charge in [0.15, 0.2) is 0 Å². The Balaban J connectivity index is 2.87. The molecule has 1 fully saturated rings. The normalized spacial score (nSPS) is 24.6. The van der Waals surface area contributed by atoms with Gasteiger partial charge >= 0.3 is 0 Å². The Bertz CT molecular complexity index is 223. The largest absolute Gasteiger partial charge is 0.369 e. The summed E-state index contributed by atoms with van der Waals surface area (Å²) in [5.41, 5.74) is 0. The molecule has 0 saturated carbocycles. The predicted molar refractivity (Wildman–Crippen MR) is 64.4 cm³/mol. The van der Waals surface area contributed by atoms with E-state index < -0.39 is 0 Å². The number of rotatable bonds is 2. The van der Waals surface area contributed by atoms with Crippen LogP contribution in [0, 0.1) is 5.92 Å². The Morgan fingerprint density at radius 1 is 1.57 bits per heavy atom. The van der Waals surface area contributed by atoms with Crippen LogP contribution in [0.25, 0.3) is 0 Å². The summed E-state index contributed by atoms with van der Waals surface area (Å²) in [6.45, 7) is 9.27. The molecule has 14 heavy (non-hydrogen) atoms. The van der Waals surface area contributed by atoms with Gasteiger partial charge in [0.1, 0.15) is 6.61 Å². The molecule has 1 atom stereocenters. The number of halogens is 1. The van der Waals surface area contributed by atoms with Crippen LogP contribution < -0.4 is 0 Å². The molecule has 1 aliphatic rings. The highest BCUT2D eigenvalue weighted by atomic mass is 127. The average molecular weight is 311 g/mol. The third-order valence-corrected chi connectivity index (χ3v) is 2.98. The molecule has 1 aliphatic heterocycles. The lowest BCUT2D eigenvalue weighted by molar-refractivity contribution is -0.153. The quantitative estimate of drug-likeness (QED) is 0.444. The number of nitrogens with zero attached hydrogens (tertiary/aromatic N) is 1. The molecule has 0 aliphatic carbocycles. The lowest BCUT2D eigenvalue weighted by Crippen LogP contribution is -2.58. The third kappa shape index (κ3) is 2.59. The topological polar surface area (TPSA) is 29.5 Å². The van der Waals surface area contributed by atoms with Gasteiger partial charge in [-0.2, -0.15) is 0 Å². The van der Waals surface area contributed by atoms with E-state index in [2.05, 4.69) is 50.3 Å². The van der Waals surface area contributed by atoms with Gasteiger partial charge < -0.3 is 9.64 Å². The molecule has 1 heterocycles. The Morgan fingerprint density at radius 3 is 2.50 bits per heavy atom. The van der Waals surface area contributed by atoms with Crippen molar-refractivity contribution in [2.45, 2.75) is 37.3 Å². The van der Waals surface area contributed by atoms with Gasteiger partial charge in [-0.15, -0.1) is 0 Å². The van der Waals surface area contributed by atoms with Crippen molar-refractivity contribution in [2.24, 2.45) is 5.92 Å². The second kappa shape index (κ2) is 4.35. The fourth-order valence-electron chi connectivity index (χ4n) is 1.78. The first-order valence-electron chi connectivity index (χ1n) is 4.93. The number of hydrogen-bond donors (Lipinski definition) is 0. The predicted octanol–water partition coefficient (Wildman–Crippen LogP) is 2.04. The van der Waals surface area contributed by atoms with Gasteiger partial charge in [0.05, 0.1) is 16.2 Å². The smallest absolute Gasteiger partial charge is 0.249 e. The van der Waals surface area contributed by atoms with Gasteiger partial charge in [0.25, 0.3) is 0 Å². The van der Waals surface area contributed by atoms with Crippen molar-refractivity contribution in [1.29, 1.82) is 0 Å². The lowest BCUT2D eigenvalue weighted by atomic mass is 10.0. The highest BCUT2D eigenvalue weighted by Gasteiger charge is 2.38. The maximum Gasteiger partial charge on any atom is 0.249 e. The molecule has 1 unspecified atom stereocenters. The van der Waals surface area contributed by atoms with Crippen LogP contribution in [0.5, 0.6) is 0 Å². The lowest BCUT2D eigenvalue weighted by Gasteiger charge is -2.44. The van der Waals surface area contributed by atoms with Crippen molar-refractivity contribution < 1.29 is 9.53 Å². The van der Waals surface area contributed by atoms with Crippen LogP contribution in [0.4, 0.5) is 0 Å². The Labute approximate surface area is 99.3 Å². The van der Waals surface area contributed by atoms with Gasteiger partial charge in [-0.25, -0.2) is 0 Å². The van der Waals surface area contributed by atoms with Crippen molar-refractivity contribution in [1.82, 2.24) is 4.90 Å². The summed E-state index contributed by atoms with van der Waals surface area (Å²) >= 11 is 2.31. The number of alkyl halides is 1. The number of carbonyl (C=O) groups excluding carboxylic acids is 1. The molecule has 0 radical (unpaired) electrons. The highest BCUT2D eigenvalue weighted by Crippen LogP contribution is 2.30. The molecule has 3 nitrogen and oxygen atoms in total. The fraction of sp³-hybridized carbons (Fsp3) is 0.900. The zero-order valence-corrected chi connectivity index (χ0v) is 11.4. The van der Waals surface area contributed by atoms with Crippen molar-refractivity contribution in [3.8, 4) is 0 Å². The summed E-state index contributed by atoms with van der Waals surface area (Å²) in [5.74, 6) is 0.544. The first-order valence-corrected chi connectivity index (χ1v) is 6.00. The first-order chi connectivity index (χ1) is 6.34. The van der Waals surface area contributed by atoms with Crippen LogP contribution in [0.15, 0.2) is 0 Å². The molecule has 0 bridgehead atoms. The number of ether oxygens (including phenoxy) is 1. The van der Waals surface area contributed by atoms with Gasteiger partial charge in [0.2, 0.25) is 5.91 Å². The van der Waals surface area contributed by atoms with Gasteiger partial charge in [-0.05, 0) is 19.8 Å². The highest BCUT2D eigenvalue weighted by molar-refractivity contribution is 14.1. The zero-order chi connectivity index (χ0) is 10.9. The van der Waals surface area contributed by atoms with Crippen molar-refractivity contribution >= 4 is 28.5 Å². The van der Waals surface area contributed by atoms with E-state index in [4.69, 9.17) is 4.74 Å². The summed E-state index contributed by atoms with van der Waals surface area (Å²) < 4.78 is 5.16. The molecule has 1 saturated heterocycles. The summed E-state index contributed by atoms with van der Waals surface area (Å²) in [5, 5.41) is 0. The van der Waals surface area contributed by atoms with E-state index in [0.717, 1.165) is 0 Å². The summed E-state index contributed by atoms with van der Waals surface area (Å²) in [7, 11) is 0. The molecule has 1 rings (SSSR count). The number of carbonyl (C=O) groups is 1. The number of morpholine rings is 1. The van der Waals surface area contributed by atoms with E-state index >= 15 is 0 Å². The van der Waals surface area contributed by atoms with Crippen LogP contribution in [0.3, 0.4) is 0 Å². The van der Waals surface area contributed by atoms with Crippen LogP contribution in [-0.4, -0.2) is 33.6 Å². The van der Waals surface area contributed by atoms with E-state index in [1.54, 1.807) is 0 Å². The van der Waals surface area contributed by atoms with Crippen molar-refractivity contribution in [3.63, 3.8) is 0 Å². The van der Waals surface area contributed by atoms with Crippen LogP contribution in [0.2, 0.25) is 0 Å². The molecular weight excluding hydrogens is 293 g/mol. The average Bonchev–Trinajstić information content (AvgIpc) is 2.01. The van der Waals surface area contributed by atoms with Crippen molar-refractivity contribution in [2.75, 3.05) is 13.2 Å². The third-order valence-electron chi connectivity index (χ3n) is 2.46.